The fraction of sp³-hybridized carbons (Fsp3) is 0.583. The molecule has 1 saturated heterocycles. The minimum atomic E-state index is -4.73. The van der Waals surface area contributed by atoms with Crippen LogP contribution >= 0.6 is 11.3 Å². The van der Waals surface area contributed by atoms with Gasteiger partial charge in [0.1, 0.15) is 11.5 Å². The SMILES string of the molecule is C[C@H]1CCCN1C(=O)c1nc(C(=O)C2(CO)CC2)sc1-c1cnc(NC(C)(C)C)cc1C(F)(F)F. The number of aliphatic hydroxyl groups excluding tert-OH is 1. The fourth-order valence-corrected chi connectivity index (χ4v) is 5.42. The molecule has 1 aliphatic heterocycles. The number of nitrogens with one attached hydrogen (secondary N) is 1. The molecule has 1 saturated carbocycles. The highest BCUT2D eigenvalue weighted by Crippen LogP contribution is 2.49. The number of carbonyl (C=O) groups is 2. The number of pyridine rings is 1. The van der Waals surface area contributed by atoms with Crippen LogP contribution < -0.4 is 5.32 Å². The minimum Gasteiger partial charge on any atom is -0.395 e. The Hall–Kier alpha value is -2.53. The van der Waals surface area contributed by atoms with E-state index in [1.54, 1.807) is 25.7 Å². The maximum absolute atomic E-state index is 14.2. The van der Waals surface area contributed by atoms with Gasteiger partial charge < -0.3 is 15.3 Å². The summed E-state index contributed by atoms with van der Waals surface area (Å²) in [5, 5.41) is 12.6. The molecule has 2 aromatic rings. The van der Waals surface area contributed by atoms with Gasteiger partial charge in [-0.3, -0.25) is 9.59 Å². The summed E-state index contributed by atoms with van der Waals surface area (Å²) in [4.78, 5) is 36.5. The summed E-state index contributed by atoms with van der Waals surface area (Å²) in [7, 11) is 0. The zero-order valence-electron chi connectivity index (χ0n) is 20.1. The number of rotatable bonds is 6. The van der Waals surface area contributed by atoms with E-state index in [-0.39, 0.29) is 39.6 Å². The average Bonchev–Trinajstić information content (AvgIpc) is 3.25. The van der Waals surface area contributed by atoms with Crippen molar-refractivity contribution in [2.45, 2.75) is 71.1 Å². The topological polar surface area (TPSA) is 95.4 Å². The number of aromatic nitrogens is 2. The molecule has 35 heavy (non-hydrogen) atoms. The van der Waals surface area contributed by atoms with Crippen molar-refractivity contribution in [2.75, 3.05) is 18.5 Å². The van der Waals surface area contributed by atoms with Crippen LogP contribution in [0.5, 0.6) is 0 Å². The third kappa shape index (κ3) is 5.06. The first kappa shape index (κ1) is 25.6. The van der Waals surface area contributed by atoms with Gasteiger partial charge in [0.15, 0.2) is 10.8 Å². The van der Waals surface area contributed by atoms with Crippen molar-refractivity contribution in [2.24, 2.45) is 5.41 Å². The Balaban J connectivity index is 1.86. The van der Waals surface area contributed by atoms with E-state index in [4.69, 9.17) is 0 Å². The Bertz CT molecular complexity index is 1150. The monoisotopic (exact) mass is 510 g/mol. The normalized spacial score (nSPS) is 19.7. The van der Waals surface area contributed by atoms with Crippen LogP contribution in [0.25, 0.3) is 10.4 Å². The van der Waals surface area contributed by atoms with Crippen molar-refractivity contribution in [3.8, 4) is 10.4 Å². The van der Waals surface area contributed by atoms with Crippen LogP contribution in [-0.4, -0.2) is 56.4 Å². The van der Waals surface area contributed by atoms with Gasteiger partial charge >= 0.3 is 6.18 Å². The molecule has 2 aromatic heterocycles. The van der Waals surface area contributed by atoms with E-state index in [1.165, 1.54) is 0 Å². The molecule has 0 aromatic carbocycles. The molecule has 7 nitrogen and oxygen atoms in total. The summed E-state index contributed by atoms with van der Waals surface area (Å²) in [6.07, 6.45) is -1.12. The van der Waals surface area contributed by atoms with Crippen molar-refractivity contribution >= 4 is 28.8 Å². The van der Waals surface area contributed by atoms with E-state index in [2.05, 4.69) is 15.3 Å². The molecule has 2 fully saturated rings. The van der Waals surface area contributed by atoms with Gasteiger partial charge in [0, 0.05) is 29.9 Å². The highest BCUT2D eigenvalue weighted by molar-refractivity contribution is 7.17. The largest absolute Gasteiger partial charge is 0.417 e. The second kappa shape index (κ2) is 8.85. The standard InChI is InChI=1S/C24H29F3N4O3S/c1-13-6-5-9-31(13)21(34)17-18(35-20(29-17)19(33)23(12-32)7-8-23)14-11-28-16(30-22(2,3)4)10-15(14)24(25,26)27/h10-11,13,32H,5-9,12H2,1-4H3,(H,28,30)/t13-/m0/s1. The van der Waals surface area contributed by atoms with Gasteiger partial charge in [-0.1, -0.05) is 0 Å². The Morgan fingerprint density at radius 3 is 2.49 bits per heavy atom. The molecule has 1 atom stereocenters. The number of thiazole rings is 1. The summed E-state index contributed by atoms with van der Waals surface area (Å²) in [6.45, 7) is 7.40. The highest BCUT2D eigenvalue weighted by Gasteiger charge is 2.51. The number of anilines is 1. The lowest BCUT2D eigenvalue weighted by molar-refractivity contribution is -0.137. The summed E-state index contributed by atoms with van der Waals surface area (Å²) < 4.78 is 42.6. The molecule has 11 heteroatoms. The predicted octanol–water partition coefficient (Wildman–Crippen LogP) is 5.01. The smallest absolute Gasteiger partial charge is 0.395 e. The van der Waals surface area contributed by atoms with Crippen LogP contribution in [-0.2, 0) is 6.18 Å². The van der Waals surface area contributed by atoms with Crippen LogP contribution in [0.3, 0.4) is 0 Å². The maximum atomic E-state index is 14.2. The maximum Gasteiger partial charge on any atom is 0.417 e. The molecule has 1 aliphatic carbocycles. The number of nitrogens with zero attached hydrogens (tertiary/aromatic N) is 3. The van der Waals surface area contributed by atoms with Gasteiger partial charge in [0.2, 0.25) is 0 Å². The lowest BCUT2D eigenvalue weighted by Gasteiger charge is -2.23. The Labute approximate surface area is 205 Å². The number of halogens is 3. The van der Waals surface area contributed by atoms with Gasteiger partial charge in [-0.2, -0.15) is 13.2 Å². The number of carbonyl (C=O) groups excluding carboxylic acids is 2. The van der Waals surface area contributed by atoms with E-state index in [0.717, 1.165) is 36.4 Å². The zero-order valence-corrected chi connectivity index (χ0v) is 20.9. The van der Waals surface area contributed by atoms with Gasteiger partial charge in [-0.05, 0) is 59.4 Å². The fourth-order valence-electron chi connectivity index (χ4n) is 4.27. The first-order valence-corrected chi connectivity index (χ1v) is 12.4. The first-order chi connectivity index (χ1) is 16.3. The van der Waals surface area contributed by atoms with E-state index in [1.807, 2.05) is 6.92 Å². The Morgan fingerprint density at radius 2 is 1.97 bits per heavy atom. The molecule has 0 unspecified atom stereocenters. The van der Waals surface area contributed by atoms with Gasteiger partial charge in [0.05, 0.1) is 22.5 Å². The lowest BCUT2D eigenvalue weighted by Crippen LogP contribution is -2.34. The van der Waals surface area contributed by atoms with Crippen molar-refractivity contribution in [1.82, 2.24) is 14.9 Å². The van der Waals surface area contributed by atoms with Crippen LogP contribution in [0.2, 0.25) is 0 Å². The molecule has 2 aliphatic rings. The molecule has 0 radical (unpaired) electrons. The molecule has 0 spiro atoms. The zero-order chi connectivity index (χ0) is 25.8. The minimum absolute atomic E-state index is 0.0340. The van der Waals surface area contributed by atoms with Gasteiger partial charge in [-0.25, -0.2) is 9.97 Å². The predicted molar refractivity (Wildman–Crippen MR) is 127 cm³/mol. The average molecular weight is 511 g/mol. The van der Waals surface area contributed by atoms with E-state index >= 15 is 0 Å². The third-order valence-corrected chi connectivity index (χ3v) is 7.52. The summed E-state index contributed by atoms with van der Waals surface area (Å²) in [6, 6.07) is 0.840. The van der Waals surface area contributed by atoms with Crippen LogP contribution in [0, 0.1) is 5.41 Å². The van der Waals surface area contributed by atoms with Crippen LogP contribution in [0.4, 0.5) is 19.0 Å². The number of hydrogen-bond donors (Lipinski definition) is 2. The van der Waals surface area contributed by atoms with Crippen LogP contribution in [0.15, 0.2) is 12.3 Å². The second-order valence-corrected chi connectivity index (χ2v) is 11.4. The third-order valence-electron chi connectivity index (χ3n) is 6.43. The number of alkyl halides is 3. The Morgan fingerprint density at radius 1 is 1.29 bits per heavy atom. The van der Waals surface area contributed by atoms with Gasteiger partial charge in [0.25, 0.3) is 5.91 Å². The summed E-state index contributed by atoms with van der Waals surface area (Å²) in [5.41, 5.74) is -2.91. The Kier molecular flexibility index (Phi) is 6.46. The number of hydrogen-bond acceptors (Lipinski definition) is 7. The quantitative estimate of drug-likeness (QED) is 0.531. The van der Waals surface area contributed by atoms with Crippen molar-refractivity contribution in [1.29, 1.82) is 0 Å². The first-order valence-electron chi connectivity index (χ1n) is 11.6. The number of ketones is 1. The number of aliphatic hydroxyl groups is 1. The molecule has 2 N–H and O–H groups in total. The molecule has 1 amide bonds. The molecular weight excluding hydrogens is 481 g/mol. The molecule has 190 valence electrons. The number of amides is 1. The van der Waals surface area contributed by atoms with Crippen LogP contribution in [0.1, 0.15) is 79.2 Å². The number of likely N-dealkylation sites (tertiary alicyclic amines) is 1. The van der Waals surface area contributed by atoms with Gasteiger partial charge in [-0.15, -0.1) is 11.3 Å². The lowest BCUT2D eigenvalue weighted by atomic mass is 10.0. The summed E-state index contributed by atoms with van der Waals surface area (Å²) in [5.74, 6) is -0.890. The van der Waals surface area contributed by atoms with E-state index in [0.29, 0.717) is 19.4 Å². The second-order valence-electron chi connectivity index (χ2n) is 10.4. The molecule has 4 rings (SSSR count). The molecule has 0 bridgehead atoms. The molecular formula is C24H29F3N4O3S. The number of Topliss-reactive ketones (excluding diaryl/α,β-unsaturated/α-hetero) is 1. The van der Waals surface area contributed by atoms with E-state index in [9.17, 15) is 27.9 Å². The molecule has 3 heterocycles. The van der Waals surface area contributed by atoms with E-state index < -0.39 is 34.4 Å². The van der Waals surface area contributed by atoms with Crippen molar-refractivity contribution in [3.05, 3.63) is 28.5 Å². The highest BCUT2D eigenvalue weighted by atomic mass is 32.1. The van der Waals surface area contributed by atoms with Crippen molar-refractivity contribution < 1.29 is 27.9 Å². The summed E-state index contributed by atoms with van der Waals surface area (Å²) >= 11 is 0.761. The van der Waals surface area contributed by atoms with Crippen molar-refractivity contribution in [3.63, 3.8) is 0 Å².